The molecule has 3 aromatic carbocycles. The van der Waals surface area contributed by atoms with Gasteiger partial charge in [-0.25, -0.2) is 8.42 Å². The number of para-hydroxylation sites is 2. The van der Waals surface area contributed by atoms with Crippen LogP contribution in [0.4, 0.5) is 11.4 Å². The first-order valence-electron chi connectivity index (χ1n) is 8.91. The fourth-order valence-corrected chi connectivity index (χ4v) is 4.33. The summed E-state index contributed by atoms with van der Waals surface area (Å²) in [7, 11) is -4.00. The van der Waals surface area contributed by atoms with Gasteiger partial charge in [0.2, 0.25) is 0 Å². The SMILES string of the molecule is O=S(=O)(Nc1ccccc1C([O-])=Nc1ccc(Cl)cc1)c1cccc2cccnc12. The third-order valence-corrected chi connectivity index (χ3v) is 5.99. The zero-order valence-electron chi connectivity index (χ0n) is 15.5. The van der Waals surface area contributed by atoms with E-state index in [1.807, 2.05) is 0 Å². The molecule has 0 fully saturated rings. The van der Waals surface area contributed by atoms with Crippen molar-refractivity contribution in [3.05, 3.63) is 95.6 Å². The molecule has 30 heavy (non-hydrogen) atoms. The second-order valence-corrected chi connectivity index (χ2v) is 8.46. The van der Waals surface area contributed by atoms with E-state index in [4.69, 9.17) is 11.6 Å². The van der Waals surface area contributed by atoms with Crippen molar-refractivity contribution in [2.45, 2.75) is 4.90 Å². The first kappa shape index (κ1) is 19.9. The van der Waals surface area contributed by atoms with Crippen LogP contribution in [0.15, 0.2) is 94.9 Å². The van der Waals surface area contributed by atoms with Crippen molar-refractivity contribution < 1.29 is 13.5 Å². The third-order valence-electron chi connectivity index (χ3n) is 4.34. The lowest BCUT2D eigenvalue weighted by Crippen LogP contribution is -2.22. The maximum absolute atomic E-state index is 13.1. The second-order valence-electron chi connectivity index (χ2n) is 6.38. The Balaban J connectivity index is 1.73. The Morgan fingerprint density at radius 3 is 2.47 bits per heavy atom. The molecule has 0 aliphatic rings. The Kier molecular flexibility index (Phi) is 5.39. The highest BCUT2D eigenvalue weighted by Gasteiger charge is 2.19. The van der Waals surface area contributed by atoms with Gasteiger partial charge in [-0.2, -0.15) is 0 Å². The number of aromatic nitrogens is 1. The maximum atomic E-state index is 13.1. The number of hydrogen-bond acceptors (Lipinski definition) is 5. The molecule has 0 saturated carbocycles. The van der Waals surface area contributed by atoms with Gasteiger partial charge in [-0.05, 0) is 48.4 Å². The summed E-state index contributed by atoms with van der Waals surface area (Å²) in [4.78, 5) is 8.26. The van der Waals surface area contributed by atoms with Crippen LogP contribution in [0.5, 0.6) is 0 Å². The molecule has 150 valence electrons. The van der Waals surface area contributed by atoms with E-state index in [0.717, 1.165) is 0 Å². The van der Waals surface area contributed by atoms with Crippen molar-refractivity contribution in [1.82, 2.24) is 4.98 Å². The minimum Gasteiger partial charge on any atom is -0.858 e. The Labute approximate surface area is 178 Å². The average Bonchev–Trinajstić information content (AvgIpc) is 2.75. The Morgan fingerprint density at radius 1 is 0.933 bits per heavy atom. The van der Waals surface area contributed by atoms with Gasteiger partial charge in [0.1, 0.15) is 4.90 Å². The number of anilines is 1. The van der Waals surface area contributed by atoms with Crippen LogP contribution in [-0.2, 0) is 10.0 Å². The molecule has 0 unspecified atom stereocenters. The van der Waals surface area contributed by atoms with Crippen molar-refractivity contribution in [3.8, 4) is 0 Å². The largest absolute Gasteiger partial charge is 0.858 e. The molecular formula is C22H15ClN3O3S-. The van der Waals surface area contributed by atoms with Crippen molar-refractivity contribution in [1.29, 1.82) is 0 Å². The summed E-state index contributed by atoms with van der Waals surface area (Å²) in [5.74, 6) is -0.577. The Bertz CT molecular complexity index is 1350. The molecule has 8 heteroatoms. The Hall–Kier alpha value is -3.42. The van der Waals surface area contributed by atoms with Crippen LogP contribution in [0.1, 0.15) is 5.56 Å². The minimum atomic E-state index is -4.00. The number of nitrogens with one attached hydrogen (secondary N) is 1. The van der Waals surface area contributed by atoms with Crippen LogP contribution in [0, 0.1) is 0 Å². The van der Waals surface area contributed by atoms with Gasteiger partial charge in [0.25, 0.3) is 10.0 Å². The zero-order chi connectivity index (χ0) is 21.1. The molecule has 1 heterocycles. The number of fused-ring (bicyclic) bond motifs is 1. The van der Waals surface area contributed by atoms with Crippen LogP contribution in [0.2, 0.25) is 5.02 Å². The summed E-state index contributed by atoms with van der Waals surface area (Å²) < 4.78 is 28.7. The van der Waals surface area contributed by atoms with E-state index in [-0.39, 0.29) is 16.1 Å². The van der Waals surface area contributed by atoms with Gasteiger partial charge in [0, 0.05) is 22.2 Å². The number of halogens is 1. The molecule has 0 radical (unpaired) electrons. The van der Waals surface area contributed by atoms with E-state index >= 15 is 0 Å². The Morgan fingerprint density at radius 2 is 1.67 bits per heavy atom. The zero-order valence-corrected chi connectivity index (χ0v) is 17.1. The molecule has 0 bridgehead atoms. The van der Waals surface area contributed by atoms with Gasteiger partial charge < -0.3 is 5.11 Å². The second kappa shape index (κ2) is 8.14. The monoisotopic (exact) mass is 436 g/mol. The summed E-state index contributed by atoms with van der Waals surface area (Å²) in [6.07, 6.45) is 1.53. The van der Waals surface area contributed by atoms with E-state index in [2.05, 4.69) is 14.7 Å². The normalized spacial score (nSPS) is 12.1. The van der Waals surface area contributed by atoms with Crippen molar-refractivity contribution in [2.75, 3.05) is 4.72 Å². The van der Waals surface area contributed by atoms with Gasteiger partial charge in [-0.15, -0.1) is 0 Å². The maximum Gasteiger partial charge on any atom is 0.264 e. The van der Waals surface area contributed by atoms with Crippen LogP contribution in [0.3, 0.4) is 0 Å². The standard InChI is InChI=1S/C22H16ClN3O3S/c23-16-10-12-17(13-11-16)25-22(27)18-7-1-2-8-19(18)26-30(28,29)20-9-3-5-15-6-4-14-24-21(15)20/h1-14,26H,(H,25,27)/p-1. The predicted molar refractivity (Wildman–Crippen MR) is 117 cm³/mol. The van der Waals surface area contributed by atoms with Crippen molar-refractivity contribution in [3.63, 3.8) is 0 Å². The third kappa shape index (κ3) is 4.12. The number of pyridine rings is 1. The van der Waals surface area contributed by atoms with Crippen LogP contribution in [-0.4, -0.2) is 19.3 Å². The molecule has 0 spiro atoms. The molecule has 0 aliphatic heterocycles. The molecule has 4 aromatic rings. The van der Waals surface area contributed by atoms with E-state index < -0.39 is 15.9 Å². The van der Waals surface area contributed by atoms with Gasteiger partial charge in [0.15, 0.2) is 0 Å². The molecule has 0 saturated heterocycles. The highest BCUT2D eigenvalue weighted by molar-refractivity contribution is 7.93. The lowest BCUT2D eigenvalue weighted by molar-refractivity contribution is -0.212. The molecule has 0 aliphatic carbocycles. The summed E-state index contributed by atoms with van der Waals surface area (Å²) in [5, 5.41) is 13.9. The topological polar surface area (TPSA) is 94.5 Å². The highest BCUT2D eigenvalue weighted by atomic mass is 35.5. The molecule has 1 aromatic heterocycles. The molecule has 6 nitrogen and oxygen atoms in total. The first-order valence-corrected chi connectivity index (χ1v) is 10.8. The summed E-state index contributed by atoms with van der Waals surface area (Å²) in [6.45, 7) is 0. The number of sulfonamides is 1. The highest BCUT2D eigenvalue weighted by Crippen LogP contribution is 2.25. The lowest BCUT2D eigenvalue weighted by atomic mass is 10.2. The molecule has 1 N–H and O–H groups in total. The van der Waals surface area contributed by atoms with E-state index in [0.29, 0.717) is 21.6 Å². The quantitative estimate of drug-likeness (QED) is 0.376. The van der Waals surface area contributed by atoms with Crippen molar-refractivity contribution >= 4 is 49.8 Å². The van der Waals surface area contributed by atoms with Crippen LogP contribution >= 0.6 is 11.6 Å². The van der Waals surface area contributed by atoms with Gasteiger partial charge in [-0.1, -0.05) is 48.0 Å². The molecular weight excluding hydrogens is 422 g/mol. The van der Waals surface area contributed by atoms with Gasteiger partial charge in [-0.3, -0.25) is 14.7 Å². The van der Waals surface area contributed by atoms with Crippen molar-refractivity contribution in [2.24, 2.45) is 4.99 Å². The van der Waals surface area contributed by atoms with Gasteiger partial charge in [0.05, 0.1) is 16.9 Å². The number of nitrogens with zero attached hydrogens (tertiary/aromatic N) is 2. The summed E-state index contributed by atoms with van der Waals surface area (Å²) >= 11 is 5.85. The first-order chi connectivity index (χ1) is 14.4. The summed E-state index contributed by atoms with van der Waals surface area (Å²) in [6, 6.07) is 21.2. The summed E-state index contributed by atoms with van der Waals surface area (Å²) in [5.41, 5.74) is 1.03. The predicted octanol–water partition coefficient (Wildman–Crippen LogP) is 4.13. The van der Waals surface area contributed by atoms with E-state index in [1.165, 1.54) is 24.4 Å². The minimum absolute atomic E-state index is 0.0255. The number of benzene rings is 3. The molecule has 4 rings (SSSR count). The van der Waals surface area contributed by atoms with Crippen LogP contribution < -0.4 is 9.83 Å². The number of hydrogen-bond donors (Lipinski definition) is 1. The van der Waals surface area contributed by atoms with Gasteiger partial charge >= 0.3 is 0 Å². The fourth-order valence-electron chi connectivity index (χ4n) is 2.94. The number of rotatable bonds is 5. The fraction of sp³-hybridized carbons (Fsp3) is 0. The molecule has 0 atom stereocenters. The van der Waals surface area contributed by atoms with E-state index in [1.54, 1.807) is 60.7 Å². The smallest absolute Gasteiger partial charge is 0.264 e. The van der Waals surface area contributed by atoms with Crippen LogP contribution in [0.25, 0.3) is 10.9 Å². The van der Waals surface area contributed by atoms with E-state index in [9.17, 15) is 13.5 Å². The molecule has 0 amide bonds. The lowest BCUT2D eigenvalue weighted by Gasteiger charge is -2.17. The average molecular weight is 437 g/mol. The number of aliphatic imine (C=N–C) groups is 1.